The molecular weight excluding hydrogens is 169 g/mol. The zero-order chi connectivity index (χ0) is 9.68. The largest absolute Gasteiger partial charge is 0.492 e. The standard InChI is InChI=1S/C10H14FNO/c1-2-8-7-9(11)3-4-10(8)13-6-5-12/h3-4,7H,2,5-6,12H2,1H3. The third-order valence-electron chi connectivity index (χ3n) is 1.78. The molecule has 0 saturated carbocycles. The zero-order valence-corrected chi connectivity index (χ0v) is 7.72. The SMILES string of the molecule is CCc1cc(F)ccc1OCCN. The van der Waals surface area contributed by atoms with Gasteiger partial charge in [-0.1, -0.05) is 6.92 Å². The van der Waals surface area contributed by atoms with Crippen LogP contribution >= 0.6 is 0 Å². The highest BCUT2D eigenvalue weighted by molar-refractivity contribution is 5.33. The Balaban J connectivity index is 2.79. The van der Waals surface area contributed by atoms with Crippen LogP contribution in [0.4, 0.5) is 4.39 Å². The molecule has 1 aromatic rings. The van der Waals surface area contributed by atoms with Crippen LogP contribution in [0.2, 0.25) is 0 Å². The van der Waals surface area contributed by atoms with Gasteiger partial charge in [-0.2, -0.15) is 0 Å². The smallest absolute Gasteiger partial charge is 0.123 e. The van der Waals surface area contributed by atoms with Crippen molar-refractivity contribution in [3.05, 3.63) is 29.6 Å². The summed E-state index contributed by atoms with van der Waals surface area (Å²) in [7, 11) is 0. The highest BCUT2D eigenvalue weighted by Gasteiger charge is 2.02. The summed E-state index contributed by atoms with van der Waals surface area (Å²) < 4.78 is 18.1. The second kappa shape index (κ2) is 4.82. The molecule has 0 radical (unpaired) electrons. The lowest BCUT2D eigenvalue weighted by atomic mass is 10.1. The Morgan fingerprint density at radius 2 is 2.23 bits per heavy atom. The van der Waals surface area contributed by atoms with Gasteiger partial charge in [0.25, 0.3) is 0 Å². The van der Waals surface area contributed by atoms with Gasteiger partial charge in [-0.15, -0.1) is 0 Å². The predicted octanol–water partition coefficient (Wildman–Crippen LogP) is 1.73. The summed E-state index contributed by atoms with van der Waals surface area (Å²) in [6, 6.07) is 4.53. The molecule has 0 amide bonds. The summed E-state index contributed by atoms with van der Waals surface area (Å²) >= 11 is 0. The van der Waals surface area contributed by atoms with Crippen LogP contribution in [0.1, 0.15) is 12.5 Å². The molecule has 0 aliphatic carbocycles. The minimum atomic E-state index is -0.225. The van der Waals surface area contributed by atoms with Crippen molar-refractivity contribution < 1.29 is 9.13 Å². The maximum atomic E-state index is 12.8. The fraction of sp³-hybridized carbons (Fsp3) is 0.400. The molecule has 2 nitrogen and oxygen atoms in total. The fourth-order valence-electron chi connectivity index (χ4n) is 1.13. The highest BCUT2D eigenvalue weighted by Crippen LogP contribution is 2.19. The second-order valence-electron chi connectivity index (χ2n) is 2.74. The van der Waals surface area contributed by atoms with E-state index in [-0.39, 0.29) is 5.82 Å². The van der Waals surface area contributed by atoms with Crippen LogP contribution in [0.5, 0.6) is 5.75 Å². The maximum Gasteiger partial charge on any atom is 0.123 e. The predicted molar refractivity (Wildman–Crippen MR) is 50.3 cm³/mol. The molecule has 13 heavy (non-hydrogen) atoms. The molecule has 0 atom stereocenters. The number of halogens is 1. The monoisotopic (exact) mass is 183 g/mol. The van der Waals surface area contributed by atoms with E-state index in [4.69, 9.17) is 10.5 Å². The van der Waals surface area contributed by atoms with E-state index in [1.165, 1.54) is 12.1 Å². The third kappa shape index (κ3) is 2.70. The Hall–Kier alpha value is -1.09. The van der Waals surface area contributed by atoms with E-state index >= 15 is 0 Å². The lowest BCUT2D eigenvalue weighted by Crippen LogP contribution is -2.11. The molecule has 0 fully saturated rings. The fourth-order valence-corrected chi connectivity index (χ4v) is 1.13. The van der Waals surface area contributed by atoms with E-state index in [0.717, 1.165) is 17.7 Å². The van der Waals surface area contributed by atoms with E-state index in [2.05, 4.69) is 0 Å². The number of hydrogen-bond acceptors (Lipinski definition) is 2. The van der Waals surface area contributed by atoms with Gasteiger partial charge in [-0.05, 0) is 30.2 Å². The first kappa shape index (κ1) is 9.99. The van der Waals surface area contributed by atoms with Crippen molar-refractivity contribution in [2.24, 2.45) is 5.73 Å². The summed E-state index contributed by atoms with van der Waals surface area (Å²) in [5.41, 5.74) is 6.18. The van der Waals surface area contributed by atoms with Gasteiger partial charge in [0.15, 0.2) is 0 Å². The van der Waals surface area contributed by atoms with Gasteiger partial charge in [0.05, 0.1) is 0 Å². The summed E-state index contributed by atoms with van der Waals surface area (Å²) in [6.45, 7) is 2.91. The molecule has 0 saturated heterocycles. The average molecular weight is 183 g/mol. The van der Waals surface area contributed by atoms with Crippen LogP contribution in [0.15, 0.2) is 18.2 Å². The first-order chi connectivity index (χ1) is 6.27. The first-order valence-corrected chi connectivity index (χ1v) is 4.39. The zero-order valence-electron chi connectivity index (χ0n) is 7.72. The van der Waals surface area contributed by atoms with Gasteiger partial charge in [0.2, 0.25) is 0 Å². The Labute approximate surface area is 77.5 Å². The van der Waals surface area contributed by atoms with E-state index in [1.807, 2.05) is 6.92 Å². The minimum absolute atomic E-state index is 0.225. The summed E-state index contributed by atoms with van der Waals surface area (Å²) in [5, 5.41) is 0. The molecular formula is C10H14FNO. The number of aryl methyl sites for hydroxylation is 1. The van der Waals surface area contributed by atoms with Crippen molar-refractivity contribution in [3.8, 4) is 5.75 Å². The Bertz CT molecular complexity index is 276. The van der Waals surface area contributed by atoms with Crippen LogP contribution in [-0.4, -0.2) is 13.2 Å². The molecule has 1 rings (SSSR count). The van der Waals surface area contributed by atoms with Crippen LogP contribution in [0, 0.1) is 5.82 Å². The Morgan fingerprint density at radius 3 is 2.85 bits per heavy atom. The molecule has 0 unspecified atom stereocenters. The average Bonchev–Trinajstić information content (AvgIpc) is 2.16. The topological polar surface area (TPSA) is 35.2 Å². The molecule has 3 heteroatoms. The molecule has 0 bridgehead atoms. The molecule has 0 heterocycles. The van der Waals surface area contributed by atoms with Gasteiger partial charge in [0, 0.05) is 6.54 Å². The number of rotatable bonds is 4. The quantitative estimate of drug-likeness (QED) is 0.771. The second-order valence-corrected chi connectivity index (χ2v) is 2.74. The third-order valence-corrected chi connectivity index (χ3v) is 1.78. The number of nitrogens with two attached hydrogens (primary N) is 1. The van der Waals surface area contributed by atoms with Gasteiger partial charge >= 0.3 is 0 Å². The molecule has 2 N–H and O–H groups in total. The van der Waals surface area contributed by atoms with Crippen LogP contribution in [0.25, 0.3) is 0 Å². The van der Waals surface area contributed by atoms with E-state index in [0.29, 0.717) is 13.2 Å². The summed E-state index contributed by atoms with van der Waals surface area (Å²) in [4.78, 5) is 0. The van der Waals surface area contributed by atoms with Crippen molar-refractivity contribution in [1.29, 1.82) is 0 Å². The van der Waals surface area contributed by atoms with Crippen LogP contribution in [-0.2, 0) is 6.42 Å². The Kier molecular flexibility index (Phi) is 3.71. The molecule has 0 aliphatic heterocycles. The molecule has 72 valence electrons. The molecule has 0 spiro atoms. The normalized spacial score (nSPS) is 10.1. The molecule has 0 aromatic heterocycles. The Morgan fingerprint density at radius 1 is 1.46 bits per heavy atom. The minimum Gasteiger partial charge on any atom is -0.492 e. The van der Waals surface area contributed by atoms with Crippen molar-refractivity contribution >= 4 is 0 Å². The summed E-state index contributed by atoms with van der Waals surface area (Å²) in [5.74, 6) is 0.506. The van der Waals surface area contributed by atoms with Crippen molar-refractivity contribution in [3.63, 3.8) is 0 Å². The number of hydrogen-bond donors (Lipinski definition) is 1. The van der Waals surface area contributed by atoms with E-state index < -0.39 is 0 Å². The highest BCUT2D eigenvalue weighted by atomic mass is 19.1. The van der Waals surface area contributed by atoms with Gasteiger partial charge in [0.1, 0.15) is 18.2 Å². The van der Waals surface area contributed by atoms with Crippen molar-refractivity contribution in [1.82, 2.24) is 0 Å². The molecule has 0 aliphatic rings. The van der Waals surface area contributed by atoms with Crippen LogP contribution in [0.3, 0.4) is 0 Å². The van der Waals surface area contributed by atoms with E-state index in [1.54, 1.807) is 6.07 Å². The van der Waals surface area contributed by atoms with Gasteiger partial charge < -0.3 is 10.5 Å². The van der Waals surface area contributed by atoms with Gasteiger partial charge in [-0.3, -0.25) is 0 Å². The van der Waals surface area contributed by atoms with Crippen molar-refractivity contribution in [2.45, 2.75) is 13.3 Å². The van der Waals surface area contributed by atoms with Crippen LogP contribution < -0.4 is 10.5 Å². The molecule has 1 aromatic carbocycles. The number of benzene rings is 1. The summed E-state index contributed by atoms with van der Waals surface area (Å²) in [6.07, 6.45) is 0.762. The maximum absolute atomic E-state index is 12.8. The lowest BCUT2D eigenvalue weighted by Gasteiger charge is -2.08. The lowest BCUT2D eigenvalue weighted by molar-refractivity contribution is 0.324. The first-order valence-electron chi connectivity index (χ1n) is 4.39. The van der Waals surface area contributed by atoms with E-state index in [9.17, 15) is 4.39 Å². The van der Waals surface area contributed by atoms with Crippen molar-refractivity contribution in [2.75, 3.05) is 13.2 Å². The van der Waals surface area contributed by atoms with Gasteiger partial charge in [-0.25, -0.2) is 4.39 Å². The number of ether oxygens (including phenoxy) is 1.